The fraction of sp³-hybridized carbons (Fsp3) is 0.566. The number of nitrogens with one attached hydrogen (secondary N) is 1. The zero-order valence-electron chi connectivity index (χ0n) is 41.4. The minimum absolute atomic E-state index is 0.0385. The van der Waals surface area contributed by atoms with Crippen LogP contribution in [0.15, 0.2) is 71.8 Å². The van der Waals surface area contributed by atoms with E-state index in [0.29, 0.717) is 19.3 Å². The van der Waals surface area contributed by atoms with E-state index in [1.807, 2.05) is 0 Å². The Hall–Kier alpha value is -5.97. The van der Waals surface area contributed by atoms with Gasteiger partial charge < -0.3 is 53.8 Å². The van der Waals surface area contributed by atoms with Gasteiger partial charge in [-0.15, -0.1) is 12.3 Å². The van der Waals surface area contributed by atoms with Crippen molar-refractivity contribution in [2.75, 3.05) is 19.8 Å². The molecule has 3 aliphatic carbocycles. The largest absolute Gasteiger partial charge is 0.455 e. The highest BCUT2D eigenvalue weighted by molar-refractivity contribution is 5.94. The van der Waals surface area contributed by atoms with Crippen molar-refractivity contribution in [2.24, 2.45) is 16.7 Å². The quantitative estimate of drug-likeness (QED) is 0.0556. The van der Waals surface area contributed by atoms with E-state index in [2.05, 4.69) is 11.2 Å². The third kappa shape index (κ3) is 10.9. The summed E-state index contributed by atoms with van der Waals surface area (Å²) in [5.41, 5.74) is -8.86. The summed E-state index contributed by atoms with van der Waals surface area (Å²) in [7, 11) is 0. The molecule has 2 bridgehead atoms. The Morgan fingerprint density at radius 3 is 2.18 bits per heavy atom. The minimum atomic E-state index is -2.46. The monoisotopic (exact) mass is 987 g/mol. The van der Waals surface area contributed by atoms with Crippen LogP contribution in [0.2, 0.25) is 0 Å². The smallest absolute Gasteiger partial charge is 0.408 e. The molecule has 4 N–H and O–H groups in total. The van der Waals surface area contributed by atoms with E-state index >= 15 is 9.59 Å². The molecule has 2 saturated carbocycles. The molecule has 6 rings (SSSR count). The summed E-state index contributed by atoms with van der Waals surface area (Å²) in [4.78, 5) is 97.3. The Balaban J connectivity index is 1.46. The number of fused-ring (bicyclic) bond motifs is 5. The van der Waals surface area contributed by atoms with Gasteiger partial charge in [0, 0.05) is 38.0 Å². The highest BCUT2D eigenvalue weighted by Gasteiger charge is 2.78. The highest BCUT2D eigenvalue weighted by Crippen LogP contribution is 2.64. The lowest BCUT2D eigenvalue weighted by molar-refractivity contribution is -0.346. The summed E-state index contributed by atoms with van der Waals surface area (Å²) in [6, 6.07) is 14.2. The molecular weight excluding hydrogens is 923 g/mol. The van der Waals surface area contributed by atoms with Crippen molar-refractivity contribution in [1.82, 2.24) is 5.32 Å². The van der Waals surface area contributed by atoms with Gasteiger partial charge in [0.15, 0.2) is 17.2 Å². The first-order chi connectivity index (χ1) is 33.3. The molecule has 11 atom stereocenters. The number of alkyl carbamates (subject to hydrolysis) is 1. The third-order valence-corrected chi connectivity index (χ3v) is 14.3. The lowest BCUT2D eigenvalue weighted by Crippen LogP contribution is -2.81. The maximum absolute atomic E-state index is 15.2. The number of ketones is 2. The van der Waals surface area contributed by atoms with Crippen LogP contribution in [0.25, 0.3) is 0 Å². The molecule has 0 unspecified atom stereocenters. The number of benzene rings is 2. The number of carbonyl (C=O) groups excluding carboxylic acids is 7. The lowest BCUT2D eigenvalue weighted by atomic mass is 9.44. The molecule has 384 valence electrons. The molecule has 0 radical (unpaired) electrons. The maximum atomic E-state index is 15.2. The molecule has 0 aromatic heterocycles. The number of esters is 4. The molecule has 0 spiro atoms. The van der Waals surface area contributed by atoms with Crippen molar-refractivity contribution < 1.29 is 82.0 Å². The van der Waals surface area contributed by atoms with E-state index < -0.39 is 132 Å². The fourth-order valence-corrected chi connectivity index (χ4v) is 10.7. The van der Waals surface area contributed by atoms with Crippen molar-refractivity contribution in [3.8, 4) is 12.3 Å². The Morgan fingerprint density at radius 1 is 0.944 bits per heavy atom. The first-order valence-electron chi connectivity index (χ1n) is 23.7. The van der Waals surface area contributed by atoms with E-state index in [-0.39, 0.29) is 47.5 Å². The van der Waals surface area contributed by atoms with E-state index in [4.69, 9.17) is 39.6 Å². The summed E-state index contributed by atoms with van der Waals surface area (Å²) in [5, 5.41) is 40.8. The number of aliphatic hydroxyl groups is 3. The van der Waals surface area contributed by atoms with Crippen LogP contribution < -0.4 is 5.32 Å². The average molecular weight is 988 g/mol. The second-order valence-electron chi connectivity index (χ2n) is 20.5. The van der Waals surface area contributed by atoms with Gasteiger partial charge in [0.25, 0.3) is 0 Å². The number of amides is 1. The van der Waals surface area contributed by atoms with Gasteiger partial charge in [-0.05, 0) is 76.3 Å². The van der Waals surface area contributed by atoms with Gasteiger partial charge >= 0.3 is 30.0 Å². The highest BCUT2D eigenvalue weighted by atomic mass is 16.6. The number of Topliss-reactive ketones (excluding diaryl/α,β-unsaturated/α-hetero) is 2. The van der Waals surface area contributed by atoms with Crippen molar-refractivity contribution in [3.63, 3.8) is 0 Å². The van der Waals surface area contributed by atoms with E-state index in [1.165, 1.54) is 39.8 Å². The molecule has 3 fully saturated rings. The Morgan fingerprint density at radius 2 is 1.59 bits per heavy atom. The molecule has 18 heteroatoms. The SMILES string of the molecule is C#CCCCCC(=O)COCC(=O)O[C@@H](C(=O)O[C@H]1C[C@@]2(O)[C@@H](OC(=O)c3ccccc3)[C@@H]3[C@]4(OC(C)=O)CO[C@@H]4C[C@H](O)[C@@]3(C)C(=O)[C@H](O)C(=C1C)C2(C)C)[C@@H](NC(=O)OC(C)(C)C)c1ccccc1. The van der Waals surface area contributed by atoms with Gasteiger partial charge in [0.1, 0.15) is 54.9 Å². The van der Waals surface area contributed by atoms with Gasteiger partial charge in [-0.2, -0.15) is 0 Å². The molecule has 1 heterocycles. The van der Waals surface area contributed by atoms with Crippen LogP contribution in [0, 0.1) is 29.1 Å². The summed E-state index contributed by atoms with van der Waals surface area (Å²) in [5.74, 6) is -4.58. The third-order valence-electron chi connectivity index (χ3n) is 14.3. The van der Waals surface area contributed by atoms with E-state index in [1.54, 1.807) is 69.3 Å². The van der Waals surface area contributed by atoms with Gasteiger partial charge in [0.2, 0.25) is 6.10 Å². The summed E-state index contributed by atoms with van der Waals surface area (Å²) in [6.45, 7) is 10.2. The minimum Gasteiger partial charge on any atom is -0.455 e. The lowest BCUT2D eigenvalue weighted by Gasteiger charge is -2.67. The van der Waals surface area contributed by atoms with Crippen LogP contribution in [0.3, 0.4) is 0 Å². The standard InChI is InChI=1S/C53H65NO17/c1-10-11-12-19-24-34(56)27-65-28-38(58)68-42(40(32-20-15-13-16-21-32)54-48(63)71-49(4,5)6)47(62)67-35-26-53(64)45(69-46(61)33-22-17-14-18-23-33)43-51(9,44(60)41(59)39(30(35)2)50(53,7)8)36(57)25-37-52(43,29-66-37)70-31(3)55/h1,13-18,20-23,35-37,40-43,45,57,59,64H,11-12,19,24-29H2,2-9H3,(H,54,63)/t35-,36-,37+,40-,41+,42+,43-,45-,51+,52-,53+/m0/s1. The molecular formula is C53H65NO17. The van der Waals surface area contributed by atoms with Crippen LogP contribution in [0.1, 0.15) is 116 Å². The van der Waals surface area contributed by atoms with Crippen LogP contribution >= 0.6 is 0 Å². The first kappa shape index (κ1) is 54.4. The van der Waals surface area contributed by atoms with Crippen LogP contribution in [0.4, 0.5) is 4.79 Å². The molecule has 71 heavy (non-hydrogen) atoms. The van der Waals surface area contributed by atoms with Crippen LogP contribution in [0.5, 0.6) is 0 Å². The maximum Gasteiger partial charge on any atom is 0.408 e. The van der Waals surface area contributed by atoms with Crippen molar-refractivity contribution >= 4 is 41.5 Å². The van der Waals surface area contributed by atoms with Gasteiger partial charge in [-0.25, -0.2) is 19.2 Å². The number of ether oxygens (including phenoxy) is 7. The second-order valence-corrected chi connectivity index (χ2v) is 20.5. The Labute approximate surface area is 413 Å². The number of carbonyl (C=O) groups is 7. The van der Waals surface area contributed by atoms with E-state index in [0.717, 1.165) is 6.92 Å². The predicted octanol–water partition coefficient (Wildman–Crippen LogP) is 4.59. The molecule has 1 amide bonds. The summed E-state index contributed by atoms with van der Waals surface area (Å²) in [6.07, 6.45) is -5.07. The number of unbranched alkanes of at least 4 members (excludes halogenated alkanes) is 2. The van der Waals surface area contributed by atoms with Gasteiger partial charge in [-0.1, -0.05) is 62.4 Å². The Bertz CT molecular complexity index is 2420. The van der Waals surface area contributed by atoms with Gasteiger partial charge in [0.05, 0.1) is 29.6 Å². The van der Waals surface area contributed by atoms with Gasteiger partial charge in [-0.3, -0.25) is 14.4 Å². The summed E-state index contributed by atoms with van der Waals surface area (Å²) >= 11 is 0. The van der Waals surface area contributed by atoms with Crippen molar-refractivity contribution in [3.05, 3.63) is 82.9 Å². The molecule has 1 aliphatic heterocycles. The molecule has 2 aromatic carbocycles. The van der Waals surface area contributed by atoms with Crippen molar-refractivity contribution in [2.45, 2.75) is 153 Å². The summed E-state index contributed by atoms with van der Waals surface area (Å²) < 4.78 is 41.3. The topological polar surface area (TPSA) is 257 Å². The van der Waals surface area contributed by atoms with Crippen molar-refractivity contribution in [1.29, 1.82) is 0 Å². The molecule has 1 saturated heterocycles. The molecule has 4 aliphatic rings. The van der Waals surface area contributed by atoms with Crippen LogP contribution in [-0.2, 0) is 57.1 Å². The second kappa shape index (κ2) is 21.4. The predicted molar refractivity (Wildman–Crippen MR) is 251 cm³/mol. The normalized spacial score (nSPS) is 29.4. The average Bonchev–Trinajstić information content (AvgIpc) is 3.30. The number of aliphatic hydroxyl groups excluding tert-OH is 2. The number of terminal acetylenes is 1. The fourth-order valence-electron chi connectivity index (χ4n) is 10.7. The Kier molecular flexibility index (Phi) is 16.4. The number of hydrogen-bond donors (Lipinski definition) is 4. The first-order valence-corrected chi connectivity index (χ1v) is 23.7. The zero-order chi connectivity index (χ0) is 52.3. The van der Waals surface area contributed by atoms with Crippen LogP contribution in [-0.4, -0.2) is 130 Å². The molecule has 2 aromatic rings. The van der Waals surface area contributed by atoms with E-state index in [9.17, 15) is 39.3 Å². The number of rotatable bonds is 17. The zero-order valence-corrected chi connectivity index (χ0v) is 41.4. The molecule has 18 nitrogen and oxygen atoms in total. The number of hydrogen-bond acceptors (Lipinski definition) is 17.